The van der Waals surface area contributed by atoms with Crippen molar-refractivity contribution in [2.75, 3.05) is 20.0 Å². The van der Waals surface area contributed by atoms with Gasteiger partial charge in [0.15, 0.2) is 0 Å². The molecule has 0 bridgehead atoms. The molecule has 1 amide bonds. The van der Waals surface area contributed by atoms with Gasteiger partial charge < -0.3 is 20.5 Å². The number of Topliss-reactive ketones (excluding diaryl/α,β-unsaturated/α-hetero) is 1. The Hall–Kier alpha value is -3.16. The molecule has 8 nitrogen and oxygen atoms in total. The number of hydrogen-bond donors (Lipinski definition) is 2. The number of carbonyl (C=O) groups is 4. The summed E-state index contributed by atoms with van der Waals surface area (Å²) in [5, 5.41) is 2.54. The third-order valence-corrected chi connectivity index (χ3v) is 3.50. The van der Waals surface area contributed by atoms with Crippen molar-refractivity contribution in [3.05, 3.63) is 40.5 Å². The van der Waals surface area contributed by atoms with Crippen LogP contribution in [0.2, 0.25) is 0 Å². The average molecular weight is 376 g/mol. The average Bonchev–Trinajstić information content (AvgIpc) is 2.56. The molecule has 0 fully saturated rings. The molecule has 1 aromatic carbocycles. The topological polar surface area (TPSA) is 125 Å². The Labute approximate surface area is 157 Å². The van der Waals surface area contributed by atoms with E-state index in [9.17, 15) is 19.2 Å². The molecule has 8 heteroatoms. The molecule has 27 heavy (non-hydrogen) atoms. The predicted octanol–water partition coefficient (Wildman–Crippen LogP) is 1.32. The highest BCUT2D eigenvalue weighted by molar-refractivity contribution is 6.34. The minimum absolute atomic E-state index is 0.00265. The summed E-state index contributed by atoms with van der Waals surface area (Å²) in [7, 11) is 2.07. The van der Waals surface area contributed by atoms with Gasteiger partial charge in [-0.2, -0.15) is 0 Å². The van der Waals surface area contributed by atoms with Gasteiger partial charge in [-0.25, -0.2) is 9.59 Å². The van der Waals surface area contributed by atoms with Gasteiger partial charge in [0.2, 0.25) is 5.78 Å². The molecule has 3 N–H and O–H groups in total. The number of nitrogen functional groups attached to an aromatic ring is 1. The van der Waals surface area contributed by atoms with E-state index in [4.69, 9.17) is 5.73 Å². The highest BCUT2D eigenvalue weighted by Gasteiger charge is 2.36. The smallest absolute Gasteiger partial charge is 0.344 e. The van der Waals surface area contributed by atoms with Gasteiger partial charge >= 0.3 is 11.9 Å². The first-order valence-corrected chi connectivity index (χ1v) is 8.07. The second kappa shape index (κ2) is 8.48. The zero-order valence-electron chi connectivity index (χ0n) is 16.3. The van der Waals surface area contributed by atoms with E-state index >= 15 is 0 Å². The van der Waals surface area contributed by atoms with E-state index in [1.807, 2.05) is 0 Å². The second-order valence-corrected chi connectivity index (χ2v) is 6.81. The third-order valence-electron chi connectivity index (χ3n) is 3.50. The summed E-state index contributed by atoms with van der Waals surface area (Å²) in [6.45, 7) is 6.65. The van der Waals surface area contributed by atoms with Crippen molar-refractivity contribution in [2.24, 2.45) is 0 Å². The molecule has 0 radical (unpaired) electrons. The number of amides is 1. The summed E-state index contributed by atoms with van der Waals surface area (Å²) in [6.07, 6.45) is 0. The Bertz CT molecular complexity index is 798. The van der Waals surface area contributed by atoms with E-state index in [-0.39, 0.29) is 11.3 Å². The minimum atomic E-state index is -1.15. The van der Waals surface area contributed by atoms with E-state index in [1.165, 1.54) is 6.07 Å². The highest BCUT2D eigenvalue weighted by atomic mass is 16.5. The Morgan fingerprint density at radius 3 is 1.93 bits per heavy atom. The molecule has 0 aromatic heterocycles. The summed E-state index contributed by atoms with van der Waals surface area (Å²) in [5.41, 5.74) is 4.23. The van der Waals surface area contributed by atoms with Crippen LogP contribution in [-0.4, -0.2) is 43.4 Å². The molecule has 146 valence electrons. The van der Waals surface area contributed by atoms with Crippen LogP contribution in [-0.2, 0) is 23.9 Å². The van der Waals surface area contributed by atoms with Crippen LogP contribution < -0.4 is 11.1 Å². The zero-order chi connectivity index (χ0) is 20.9. The first-order valence-electron chi connectivity index (χ1n) is 8.07. The van der Waals surface area contributed by atoms with Crippen molar-refractivity contribution in [1.82, 2.24) is 5.32 Å². The molecule has 1 rings (SSSR count). The van der Waals surface area contributed by atoms with Crippen molar-refractivity contribution in [1.29, 1.82) is 0 Å². The van der Waals surface area contributed by atoms with Crippen molar-refractivity contribution < 1.29 is 28.7 Å². The van der Waals surface area contributed by atoms with Gasteiger partial charge in [0.05, 0.1) is 14.2 Å². The first kappa shape index (κ1) is 21.9. The van der Waals surface area contributed by atoms with Crippen LogP contribution in [0.5, 0.6) is 0 Å². The Balaban J connectivity index is 3.77. The summed E-state index contributed by atoms with van der Waals surface area (Å²) in [6, 6.07) is 4.73. The highest BCUT2D eigenvalue weighted by Crippen LogP contribution is 2.23. The number of ether oxygens (including phenoxy) is 2. The molecule has 0 spiro atoms. The van der Waals surface area contributed by atoms with Crippen molar-refractivity contribution >= 4 is 29.3 Å². The predicted molar refractivity (Wildman–Crippen MR) is 98.9 cm³/mol. The van der Waals surface area contributed by atoms with Gasteiger partial charge in [0, 0.05) is 16.8 Å². The van der Waals surface area contributed by atoms with Crippen molar-refractivity contribution in [3.63, 3.8) is 0 Å². The van der Waals surface area contributed by atoms with Crippen molar-refractivity contribution in [2.45, 2.75) is 33.2 Å². The van der Waals surface area contributed by atoms with Gasteiger partial charge in [-0.3, -0.25) is 9.59 Å². The van der Waals surface area contributed by atoms with Crippen LogP contribution in [0.1, 0.15) is 36.7 Å². The summed E-state index contributed by atoms with van der Waals surface area (Å²) >= 11 is 0. The van der Waals surface area contributed by atoms with Crippen LogP contribution in [0.4, 0.5) is 5.69 Å². The molecule has 0 saturated heterocycles. The summed E-state index contributed by atoms with van der Waals surface area (Å²) in [5.74, 6) is -4.12. The molecule has 0 saturated carbocycles. The van der Waals surface area contributed by atoms with Gasteiger partial charge in [-0.05, 0) is 39.3 Å². The zero-order valence-corrected chi connectivity index (χ0v) is 16.3. The minimum Gasteiger partial charge on any atom is -0.465 e. The number of rotatable bonds is 5. The number of aryl methyl sites for hydroxylation is 1. The lowest BCUT2D eigenvalue weighted by Gasteiger charge is -2.22. The van der Waals surface area contributed by atoms with Gasteiger partial charge in [0.1, 0.15) is 11.1 Å². The number of anilines is 1. The van der Waals surface area contributed by atoms with E-state index in [0.717, 1.165) is 14.2 Å². The third kappa shape index (κ3) is 5.16. The van der Waals surface area contributed by atoms with Gasteiger partial charge in [-0.1, -0.05) is 12.1 Å². The van der Waals surface area contributed by atoms with Crippen molar-refractivity contribution in [3.8, 4) is 0 Å². The molecule has 0 aliphatic carbocycles. The van der Waals surface area contributed by atoms with Gasteiger partial charge in [-0.15, -0.1) is 0 Å². The Kier molecular flexibility index (Phi) is 6.87. The molecule has 0 heterocycles. The maximum absolute atomic E-state index is 13.1. The number of esters is 2. The lowest BCUT2D eigenvalue weighted by atomic mass is 9.93. The fraction of sp³-hybridized carbons (Fsp3) is 0.368. The maximum atomic E-state index is 13.1. The quantitative estimate of drug-likeness (QED) is 0.198. The van der Waals surface area contributed by atoms with E-state index in [0.29, 0.717) is 5.56 Å². The fourth-order valence-corrected chi connectivity index (χ4v) is 2.35. The lowest BCUT2D eigenvalue weighted by Crippen LogP contribution is -2.44. The molecule has 0 aliphatic rings. The standard InChI is InChI=1S/C19H24N2O6/c1-10-8-7-9-11(20)12(10)15(22)13(17(24)26-5)14(18(25)27-6)16(23)21-19(2,3)4/h7-9H,20H2,1-6H3,(H,21,23)/b14-13+. The summed E-state index contributed by atoms with van der Waals surface area (Å²) in [4.78, 5) is 50.4. The number of carbonyl (C=O) groups excluding carboxylic acids is 4. The first-order chi connectivity index (χ1) is 12.4. The monoisotopic (exact) mass is 376 g/mol. The Morgan fingerprint density at radius 2 is 1.48 bits per heavy atom. The molecular weight excluding hydrogens is 352 g/mol. The molecule has 0 aliphatic heterocycles. The Morgan fingerprint density at radius 1 is 0.963 bits per heavy atom. The number of hydrogen-bond acceptors (Lipinski definition) is 7. The van der Waals surface area contributed by atoms with E-state index in [1.54, 1.807) is 39.8 Å². The fourth-order valence-electron chi connectivity index (χ4n) is 2.35. The lowest BCUT2D eigenvalue weighted by molar-refractivity contribution is -0.141. The number of nitrogens with two attached hydrogens (primary N) is 1. The van der Waals surface area contributed by atoms with Crippen LogP contribution in [0.15, 0.2) is 29.3 Å². The number of ketones is 1. The van der Waals surface area contributed by atoms with Crippen LogP contribution in [0, 0.1) is 6.92 Å². The van der Waals surface area contributed by atoms with Crippen LogP contribution >= 0.6 is 0 Å². The van der Waals surface area contributed by atoms with Gasteiger partial charge in [0.25, 0.3) is 5.91 Å². The maximum Gasteiger partial charge on any atom is 0.344 e. The molecule has 0 unspecified atom stereocenters. The van der Waals surface area contributed by atoms with Crippen LogP contribution in [0.25, 0.3) is 0 Å². The van der Waals surface area contributed by atoms with E-state index in [2.05, 4.69) is 14.8 Å². The SMILES string of the molecule is COC(=O)/C(C(=O)NC(C)(C)C)=C(/C(=O)OC)C(=O)c1c(C)cccc1N. The number of methoxy groups -OCH3 is 2. The van der Waals surface area contributed by atoms with Crippen LogP contribution in [0.3, 0.4) is 0 Å². The second-order valence-electron chi connectivity index (χ2n) is 6.81. The number of benzene rings is 1. The molecular formula is C19H24N2O6. The molecule has 0 atom stereocenters. The summed E-state index contributed by atoms with van der Waals surface area (Å²) < 4.78 is 9.27. The largest absolute Gasteiger partial charge is 0.465 e. The number of nitrogens with one attached hydrogen (secondary N) is 1. The normalized spacial score (nSPS) is 11.9. The van der Waals surface area contributed by atoms with E-state index < -0.39 is 40.3 Å². The molecule has 1 aromatic rings.